The first-order chi connectivity index (χ1) is 11.6. The van der Waals surface area contributed by atoms with Crippen LogP contribution < -0.4 is 16.4 Å². The Hall–Kier alpha value is -2.15. The lowest BCUT2D eigenvalue weighted by Crippen LogP contribution is -2.36. The molecule has 2 rings (SSSR count). The first kappa shape index (κ1) is 23.9. The SMILES string of the molecule is Cc1ccc(C(N)C(=O)NCCC(=O)NCc2cccnc2)cc1.Cl.Cl. The normalized spacial score (nSPS) is 10.7. The number of pyridine rings is 1. The lowest BCUT2D eigenvalue weighted by molar-refractivity contribution is -0.123. The monoisotopic (exact) mass is 398 g/mol. The maximum absolute atomic E-state index is 12.0. The first-order valence-electron chi connectivity index (χ1n) is 7.81. The molecule has 0 aliphatic rings. The van der Waals surface area contributed by atoms with Crippen LogP contribution in [0.5, 0.6) is 0 Å². The molecule has 1 atom stereocenters. The van der Waals surface area contributed by atoms with E-state index >= 15 is 0 Å². The summed E-state index contributed by atoms with van der Waals surface area (Å²) in [7, 11) is 0. The predicted octanol–water partition coefficient (Wildman–Crippen LogP) is 2.06. The van der Waals surface area contributed by atoms with Crippen molar-refractivity contribution in [2.24, 2.45) is 5.73 Å². The number of nitrogens with zero attached hydrogens (tertiary/aromatic N) is 1. The smallest absolute Gasteiger partial charge is 0.241 e. The molecule has 0 fully saturated rings. The van der Waals surface area contributed by atoms with E-state index in [4.69, 9.17) is 5.73 Å². The van der Waals surface area contributed by atoms with Crippen molar-refractivity contribution in [3.05, 3.63) is 65.5 Å². The zero-order valence-corrected chi connectivity index (χ0v) is 16.1. The number of hydrogen-bond donors (Lipinski definition) is 3. The summed E-state index contributed by atoms with van der Waals surface area (Å²) in [5.74, 6) is -0.429. The van der Waals surface area contributed by atoms with Gasteiger partial charge in [-0.2, -0.15) is 0 Å². The van der Waals surface area contributed by atoms with Gasteiger partial charge in [0, 0.05) is 31.9 Å². The van der Waals surface area contributed by atoms with Crippen LogP contribution in [-0.4, -0.2) is 23.3 Å². The molecule has 0 aliphatic carbocycles. The van der Waals surface area contributed by atoms with Gasteiger partial charge < -0.3 is 16.4 Å². The Kier molecular flexibility index (Phi) is 11.2. The summed E-state index contributed by atoms with van der Waals surface area (Å²) >= 11 is 0. The Morgan fingerprint density at radius 2 is 1.81 bits per heavy atom. The number of aryl methyl sites for hydroxylation is 1. The van der Waals surface area contributed by atoms with Crippen LogP contribution in [-0.2, 0) is 16.1 Å². The van der Waals surface area contributed by atoms with Gasteiger partial charge in [0.1, 0.15) is 6.04 Å². The second-order valence-corrected chi connectivity index (χ2v) is 5.57. The molecule has 0 radical (unpaired) electrons. The molecule has 0 spiro atoms. The van der Waals surface area contributed by atoms with E-state index in [2.05, 4.69) is 15.6 Å². The van der Waals surface area contributed by atoms with Crippen molar-refractivity contribution in [1.29, 1.82) is 0 Å². The third-order valence-electron chi connectivity index (χ3n) is 3.58. The van der Waals surface area contributed by atoms with E-state index in [1.54, 1.807) is 12.4 Å². The highest BCUT2D eigenvalue weighted by Crippen LogP contribution is 2.11. The summed E-state index contributed by atoms with van der Waals surface area (Å²) in [6.45, 7) is 2.64. The lowest BCUT2D eigenvalue weighted by atomic mass is 10.1. The van der Waals surface area contributed by atoms with Gasteiger partial charge in [-0.05, 0) is 24.1 Å². The Morgan fingerprint density at radius 3 is 2.42 bits per heavy atom. The zero-order valence-electron chi connectivity index (χ0n) is 14.5. The highest BCUT2D eigenvalue weighted by Gasteiger charge is 2.15. The Labute approximate surface area is 165 Å². The molecule has 2 aromatic rings. The third-order valence-corrected chi connectivity index (χ3v) is 3.58. The highest BCUT2D eigenvalue weighted by molar-refractivity contribution is 5.85. The standard InChI is InChI=1S/C18H22N4O2.2ClH/c1-13-4-6-15(7-5-13)17(19)18(24)21-10-8-16(23)22-12-14-3-2-9-20-11-14;;/h2-7,9,11,17H,8,10,12,19H2,1H3,(H,21,24)(H,22,23);2*1H. The van der Waals surface area contributed by atoms with Crippen LogP contribution in [0.25, 0.3) is 0 Å². The van der Waals surface area contributed by atoms with Gasteiger partial charge in [-0.3, -0.25) is 14.6 Å². The van der Waals surface area contributed by atoms with Crippen LogP contribution in [0, 0.1) is 6.92 Å². The maximum atomic E-state index is 12.0. The van der Waals surface area contributed by atoms with Crippen molar-refractivity contribution in [3.8, 4) is 0 Å². The van der Waals surface area contributed by atoms with E-state index in [1.807, 2.05) is 43.3 Å². The van der Waals surface area contributed by atoms with Crippen molar-refractivity contribution >= 4 is 36.6 Å². The third kappa shape index (κ3) is 7.82. The summed E-state index contributed by atoms with van der Waals surface area (Å²) in [5.41, 5.74) is 8.70. The van der Waals surface area contributed by atoms with Gasteiger partial charge in [0.2, 0.25) is 11.8 Å². The van der Waals surface area contributed by atoms with E-state index < -0.39 is 6.04 Å². The largest absolute Gasteiger partial charge is 0.354 e. The number of carbonyl (C=O) groups excluding carboxylic acids is 2. The maximum Gasteiger partial charge on any atom is 0.241 e. The average molecular weight is 399 g/mol. The molecule has 6 nitrogen and oxygen atoms in total. The number of benzene rings is 1. The minimum absolute atomic E-state index is 0. The Balaban J connectivity index is 0.00000312. The second-order valence-electron chi connectivity index (χ2n) is 5.57. The molecular formula is C18H24Cl2N4O2. The molecule has 4 N–H and O–H groups in total. The Bertz CT molecular complexity index is 681. The molecule has 2 amide bonds. The number of nitrogens with one attached hydrogen (secondary N) is 2. The van der Waals surface area contributed by atoms with Gasteiger partial charge in [-0.15, -0.1) is 24.8 Å². The van der Waals surface area contributed by atoms with E-state index in [1.165, 1.54) is 0 Å². The summed E-state index contributed by atoms with van der Waals surface area (Å²) in [6.07, 6.45) is 3.58. The van der Waals surface area contributed by atoms with E-state index in [0.717, 1.165) is 16.7 Å². The summed E-state index contributed by atoms with van der Waals surface area (Å²) < 4.78 is 0. The quantitative estimate of drug-likeness (QED) is 0.664. The molecular weight excluding hydrogens is 375 g/mol. The van der Waals surface area contributed by atoms with Crippen LogP contribution >= 0.6 is 24.8 Å². The molecule has 1 unspecified atom stereocenters. The Morgan fingerprint density at radius 1 is 1.12 bits per heavy atom. The number of halogens is 2. The van der Waals surface area contributed by atoms with Gasteiger partial charge >= 0.3 is 0 Å². The number of amides is 2. The van der Waals surface area contributed by atoms with E-state index in [9.17, 15) is 9.59 Å². The van der Waals surface area contributed by atoms with Gasteiger partial charge in [0.05, 0.1) is 0 Å². The van der Waals surface area contributed by atoms with Crippen molar-refractivity contribution < 1.29 is 9.59 Å². The van der Waals surface area contributed by atoms with Crippen LogP contribution in [0.15, 0.2) is 48.8 Å². The molecule has 0 bridgehead atoms. The van der Waals surface area contributed by atoms with Crippen LogP contribution in [0.4, 0.5) is 0 Å². The molecule has 1 aromatic heterocycles. The summed E-state index contributed by atoms with van der Waals surface area (Å²) in [4.78, 5) is 27.8. The molecule has 1 aromatic carbocycles. The molecule has 0 saturated heterocycles. The summed E-state index contributed by atoms with van der Waals surface area (Å²) in [5, 5.41) is 5.47. The number of nitrogens with two attached hydrogens (primary N) is 1. The van der Waals surface area contributed by atoms with Gasteiger partial charge in [0.15, 0.2) is 0 Å². The minimum Gasteiger partial charge on any atom is -0.354 e. The fourth-order valence-electron chi connectivity index (χ4n) is 2.13. The van der Waals surface area contributed by atoms with Crippen molar-refractivity contribution in [1.82, 2.24) is 15.6 Å². The van der Waals surface area contributed by atoms with E-state index in [0.29, 0.717) is 6.54 Å². The molecule has 0 saturated carbocycles. The fourth-order valence-corrected chi connectivity index (χ4v) is 2.13. The summed E-state index contributed by atoms with van der Waals surface area (Å²) in [6, 6.07) is 10.5. The number of aromatic nitrogens is 1. The second kappa shape index (κ2) is 12.2. The van der Waals surface area contributed by atoms with Crippen molar-refractivity contribution in [2.45, 2.75) is 25.9 Å². The average Bonchev–Trinajstić information content (AvgIpc) is 2.61. The zero-order chi connectivity index (χ0) is 17.4. The molecule has 8 heteroatoms. The first-order valence-corrected chi connectivity index (χ1v) is 7.81. The molecule has 142 valence electrons. The molecule has 26 heavy (non-hydrogen) atoms. The van der Waals surface area contributed by atoms with Crippen molar-refractivity contribution in [2.75, 3.05) is 6.54 Å². The number of carbonyl (C=O) groups is 2. The predicted molar refractivity (Wildman–Crippen MR) is 106 cm³/mol. The minimum atomic E-state index is -0.732. The van der Waals surface area contributed by atoms with Gasteiger partial charge in [0.25, 0.3) is 0 Å². The van der Waals surface area contributed by atoms with E-state index in [-0.39, 0.29) is 49.6 Å². The van der Waals surface area contributed by atoms with Crippen LogP contribution in [0.2, 0.25) is 0 Å². The van der Waals surface area contributed by atoms with Crippen LogP contribution in [0.3, 0.4) is 0 Å². The topological polar surface area (TPSA) is 97.1 Å². The number of hydrogen-bond acceptors (Lipinski definition) is 4. The lowest BCUT2D eigenvalue weighted by Gasteiger charge is -2.13. The van der Waals surface area contributed by atoms with Crippen molar-refractivity contribution in [3.63, 3.8) is 0 Å². The highest BCUT2D eigenvalue weighted by atomic mass is 35.5. The van der Waals surface area contributed by atoms with Gasteiger partial charge in [-0.1, -0.05) is 35.9 Å². The van der Waals surface area contributed by atoms with Crippen LogP contribution in [0.1, 0.15) is 29.2 Å². The number of rotatable bonds is 7. The molecule has 0 aliphatic heterocycles. The van der Waals surface area contributed by atoms with Gasteiger partial charge in [-0.25, -0.2) is 0 Å². The fraction of sp³-hybridized carbons (Fsp3) is 0.278. The molecule has 1 heterocycles.